The van der Waals surface area contributed by atoms with Gasteiger partial charge in [-0.25, -0.2) is 9.69 Å². The van der Waals surface area contributed by atoms with Crippen LogP contribution in [-0.4, -0.2) is 28.8 Å². The monoisotopic (exact) mass is 480 g/mol. The number of methoxy groups -OCH3 is 1. The van der Waals surface area contributed by atoms with Gasteiger partial charge in [0.25, 0.3) is 11.1 Å². The maximum absolute atomic E-state index is 13.0. The summed E-state index contributed by atoms with van der Waals surface area (Å²) in [6.45, 7) is 5.76. The molecule has 0 unspecified atom stereocenters. The number of thioether (sulfide) groups is 1. The van der Waals surface area contributed by atoms with Crippen molar-refractivity contribution in [1.82, 2.24) is 4.57 Å². The topological polar surface area (TPSA) is 68.6 Å². The molecule has 2 amide bonds. The molecular formula is C25H21ClN2O4S. The molecule has 0 N–H and O–H groups in total. The average Bonchev–Trinajstić information content (AvgIpc) is 3.22. The molecule has 6 nitrogen and oxygen atoms in total. The Morgan fingerprint density at radius 1 is 1.06 bits per heavy atom. The van der Waals surface area contributed by atoms with E-state index in [9.17, 15) is 14.4 Å². The van der Waals surface area contributed by atoms with Crippen LogP contribution in [0, 0.1) is 20.8 Å². The largest absolute Gasteiger partial charge is 0.465 e. The van der Waals surface area contributed by atoms with Crippen LogP contribution in [0.3, 0.4) is 0 Å². The number of benzene rings is 2. The van der Waals surface area contributed by atoms with Crippen LogP contribution in [-0.2, 0) is 9.53 Å². The predicted octanol–water partition coefficient (Wildman–Crippen LogP) is 6.08. The summed E-state index contributed by atoms with van der Waals surface area (Å²) in [7, 11) is 1.36. The van der Waals surface area contributed by atoms with Gasteiger partial charge in [0.05, 0.1) is 23.3 Å². The van der Waals surface area contributed by atoms with Crippen LogP contribution >= 0.6 is 23.4 Å². The summed E-state index contributed by atoms with van der Waals surface area (Å²) in [5, 5.41) is 0.0765. The Kier molecular flexibility index (Phi) is 6.19. The molecular weight excluding hydrogens is 460 g/mol. The van der Waals surface area contributed by atoms with Gasteiger partial charge in [0.15, 0.2) is 0 Å². The molecule has 3 aromatic rings. The van der Waals surface area contributed by atoms with E-state index >= 15 is 0 Å². The van der Waals surface area contributed by atoms with Crippen molar-refractivity contribution in [2.75, 3.05) is 12.0 Å². The number of aryl methyl sites for hydroxylation is 1. The minimum Gasteiger partial charge on any atom is -0.465 e. The lowest BCUT2D eigenvalue weighted by atomic mass is 10.1. The van der Waals surface area contributed by atoms with Crippen molar-refractivity contribution < 1.29 is 19.1 Å². The van der Waals surface area contributed by atoms with E-state index in [1.54, 1.807) is 36.4 Å². The molecule has 0 atom stereocenters. The molecule has 1 saturated heterocycles. The lowest BCUT2D eigenvalue weighted by Gasteiger charge is -2.15. The van der Waals surface area contributed by atoms with Gasteiger partial charge in [-0.3, -0.25) is 9.59 Å². The molecule has 0 spiro atoms. The number of imide groups is 1. The number of ether oxygens (including phenoxy) is 1. The van der Waals surface area contributed by atoms with Gasteiger partial charge in [-0.1, -0.05) is 23.7 Å². The highest BCUT2D eigenvalue weighted by atomic mass is 35.5. The standard InChI is InChI=1S/C25H21ClN2O4S/c1-14-11-17(16(3)27(14)21-10-6-9-20(15(21)2)24(30)32-4)12-22-23(29)28(25(31)33-22)19-8-5-7-18(26)13-19/h5-13H,1-4H3/b22-12+. The molecule has 1 aromatic heterocycles. The molecule has 0 radical (unpaired) electrons. The van der Waals surface area contributed by atoms with Gasteiger partial charge in [0.2, 0.25) is 0 Å². The zero-order chi connectivity index (χ0) is 23.9. The number of aromatic nitrogens is 1. The molecule has 1 fully saturated rings. The Balaban J connectivity index is 1.74. The zero-order valence-electron chi connectivity index (χ0n) is 18.5. The van der Waals surface area contributed by atoms with Crippen LogP contribution in [0.5, 0.6) is 0 Å². The number of carbonyl (C=O) groups is 3. The lowest BCUT2D eigenvalue weighted by molar-refractivity contribution is -0.113. The normalized spacial score (nSPS) is 14.9. The summed E-state index contributed by atoms with van der Waals surface area (Å²) in [5.74, 6) is -0.785. The fraction of sp³-hybridized carbons (Fsp3) is 0.160. The molecule has 1 aliphatic rings. The first-order valence-corrected chi connectivity index (χ1v) is 11.3. The van der Waals surface area contributed by atoms with Crippen molar-refractivity contribution in [2.45, 2.75) is 20.8 Å². The Hall–Kier alpha value is -3.29. The number of anilines is 1. The van der Waals surface area contributed by atoms with Gasteiger partial charge in [-0.15, -0.1) is 0 Å². The molecule has 168 valence electrons. The van der Waals surface area contributed by atoms with Crippen molar-refractivity contribution in [3.05, 3.63) is 86.5 Å². The number of carbonyl (C=O) groups excluding carboxylic acids is 3. The summed E-state index contributed by atoms with van der Waals surface area (Å²) < 4.78 is 6.92. The molecule has 4 rings (SSSR count). The van der Waals surface area contributed by atoms with Gasteiger partial charge in [0.1, 0.15) is 0 Å². The van der Waals surface area contributed by atoms with Crippen molar-refractivity contribution in [1.29, 1.82) is 0 Å². The highest BCUT2D eigenvalue weighted by molar-refractivity contribution is 8.19. The third-order valence-electron chi connectivity index (χ3n) is 5.57. The number of esters is 1. The Labute approximate surface area is 200 Å². The first-order valence-electron chi connectivity index (χ1n) is 10.1. The van der Waals surface area contributed by atoms with E-state index in [2.05, 4.69) is 0 Å². The fourth-order valence-electron chi connectivity index (χ4n) is 3.95. The average molecular weight is 481 g/mol. The van der Waals surface area contributed by atoms with Crippen LogP contribution < -0.4 is 4.90 Å². The number of halogens is 1. The third kappa shape index (κ3) is 4.10. The first-order chi connectivity index (χ1) is 15.7. The molecule has 0 bridgehead atoms. The van der Waals surface area contributed by atoms with E-state index in [1.165, 1.54) is 7.11 Å². The van der Waals surface area contributed by atoms with Crippen LogP contribution in [0.25, 0.3) is 11.8 Å². The molecule has 2 heterocycles. The van der Waals surface area contributed by atoms with Crippen LogP contribution in [0.2, 0.25) is 5.02 Å². The van der Waals surface area contributed by atoms with E-state index < -0.39 is 5.97 Å². The molecule has 33 heavy (non-hydrogen) atoms. The van der Waals surface area contributed by atoms with Crippen molar-refractivity contribution in [2.24, 2.45) is 0 Å². The summed E-state index contributed by atoms with van der Waals surface area (Å²) in [6.07, 6.45) is 1.73. The number of rotatable bonds is 4. The Bertz CT molecular complexity index is 1340. The van der Waals surface area contributed by atoms with Gasteiger partial charge in [0, 0.05) is 22.1 Å². The minimum absolute atomic E-state index is 0.334. The SMILES string of the molecule is COC(=O)c1cccc(-n2c(C)cc(/C=C3/SC(=O)N(c4cccc(Cl)c4)C3=O)c2C)c1C. The molecule has 2 aromatic carbocycles. The van der Waals surface area contributed by atoms with Crippen LogP contribution in [0.1, 0.15) is 32.9 Å². The predicted molar refractivity (Wildman–Crippen MR) is 131 cm³/mol. The van der Waals surface area contributed by atoms with E-state index in [0.29, 0.717) is 21.2 Å². The lowest BCUT2D eigenvalue weighted by Crippen LogP contribution is -2.27. The zero-order valence-corrected chi connectivity index (χ0v) is 20.1. The van der Waals surface area contributed by atoms with Gasteiger partial charge in [-0.2, -0.15) is 0 Å². The summed E-state index contributed by atoms with van der Waals surface area (Å²) in [6, 6.07) is 14.1. The quantitative estimate of drug-likeness (QED) is 0.334. The minimum atomic E-state index is -0.397. The van der Waals surface area contributed by atoms with Crippen molar-refractivity contribution in [3.63, 3.8) is 0 Å². The van der Waals surface area contributed by atoms with Crippen LogP contribution in [0.4, 0.5) is 10.5 Å². The Morgan fingerprint density at radius 3 is 2.48 bits per heavy atom. The van der Waals surface area contributed by atoms with E-state index in [0.717, 1.165) is 44.9 Å². The smallest absolute Gasteiger partial charge is 0.338 e. The van der Waals surface area contributed by atoms with E-state index in [4.69, 9.17) is 16.3 Å². The molecule has 8 heteroatoms. The first kappa shape index (κ1) is 22.9. The van der Waals surface area contributed by atoms with Crippen molar-refractivity contribution in [3.8, 4) is 5.69 Å². The van der Waals surface area contributed by atoms with Crippen molar-refractivity contribution >= 4 is 52.2 Å². The second kappa shape index (κ2) is 8.92. The maximum atomic E-state index is 13.0. The Morgan fingerprint density at radius 2 is 1.79 bits per heavy atom. The number of hydrogen-bond donors (Lipinski definition) is 0. The number of nitrogens with zero attached hydrogens (tertiary/aromatic N) is 2. The number of amides is 2. The molecule has 0 aliphatic carbocycles. The summed E-state index contributed by atoms with van der Waals surface area (Å²) in [5.41, 5.74) is 5.19. The number of hydrogen-bond acceptors (Lipinski definition) is 5. The fourth-order valence-corrected chi connectivity index (χ4v) is 4.96. The summed E-state index contributed by atoms with van der Waals surface area (Å²) in [4.78, 5) is 39.2. The molecule has 1 aliphatic heterocycles. The maximum Gasteiger partial charge on any atom is 0.338 e. The second-order valence-electron chi connectivity index (χ2n) is 7.60. The van der Waals surface area contributed by atoms with Gasteiger partial charge in [-0.05, 0) is 86.1 Å². The third-order valence-corrected chi connectivity index (χ3v) is 6.67. The van der Waals surface area contributed by atoms with Crippen LogP contribution in [0.15, 0.2) is 53.4 Å². The highest BCUT2D eigenvalue weighted by Gasteiger charge is 2.36. The highest BCUT2D eigenvalue weighted by Crippen LogP contribution is 2.37. The van der Waals surface area contributed by atoms with E-state index in [1.807, 2.05) is 43.5 Å². The van der Waals surface area contributed by atoms with Gasteiger partial charge < -0.3 is 9.30 Å². The van der Waals surface area contributed by atoms with E-state index in [-0.39, 0.29) is 11.1 Å². The van der Waals surface area contributed by atoms with Gasteiger partial charge >= 0.3 is 5.97 Å². The summed E-state index contributed by atoms with van der Waals surface area (Å²) >= 11 is 6.93. The molecule has 0 saturated carbocycles. The second-order valence-corrected chi connectivity index (χ2v) is 9.03.